The molecule has 0 aromatic heterocycles. The van der Waals surface area contributed by atoms with Crippen LogP contribution >= 0.6 is 0 Å². The number of nitrogens with two attached hydrogens (primary N) is 1. The van der Waals surface area contributed by atoms with Crippen LogP contribution in [0.4, 0.5) is 11.4 Å². The molecule has 1 aromatic rings. The molecule has 4 nitrogen and oxygen atoms in total. The number of rotatable bonds is 2. The average Bonchev–Trinajstić information content (AvgIpc) is 2.54. The Kier molecular flexibility index (Phi) is 3.97. The summed E-state index contributed by atoms with van der Waals surface area (Å²) in [5, 5.41) is 0. The molecule has 0 aliphatic carbocycles. The first-order chi connectivity index (χ1) is 8.61. The van der Waals surface area contributed by atoms with Crippen molar-refractivity contribution < 1.29 is 4.74 Å². The zero-order valence-corrected chi connectivity index (χ0v) is 11.6. The fourth-order valence-corrected chi connectivity index (χ4v) is 2.50. The second kappa shape index (κ2) is 5.48. The highest BCUT2D eigenvalue weighted by atomic mass is 16.5. The van der Waals surface area contributed by atoms with Gasteiger partial charge in [0.05, 0.1) is 12.8 Å². The molecule has 0 saturated carbocycles. The van der Waals surface area contributed by atoms with Gasteiger partial charge in [-0.15, -0.1) is 0 Å². The van der Waals surface area contributed by atoms with E-state index >= 15 is 0 Å². The third kappa shape index (κ3) is 2.70. The van der Waals surface area contributed by atoms with E-state index in [0.717, 1.165) is 25.4 Å². The number of benzene rings is 1. The van der Waals surface area contributed by atoms with Gasteiger partial charge in [0.2, 0.25) is 0 Å². The van der Waals surface area contributed by atoms with Crippen molar-refractivity contribution in [3.05, 3.63) is 17.7 Å². The Labute approximate surface area is 109 Å². The van der Waals surface area contributed by atoms with E-state index in [2.05, 4.69) is 29.8 Å². The molecular weight excluding hydrogens is 226 g/mol. The SMILES string of the molecule is COc1cc(N2CCCN(C)CC2)c(C)cc1N. The van der Waals surface area contributed by atoms with E-state index < -0.39 is 0 Å². The summed E-state index contributed by atoms with van der Waals surface area (Å²) in [5.74, 6) is 0.771. The predicted octanol–water partition coefficient (Wildman–Crippen LogP) is 1.73. The number of aryl methyl sites for hydroxylation is 1. The molecule has 0 bridgehead atoms. The van der Waals surface area contributed by atoms with Crippen LogP contribution in [0.2, 0.25) is 0 Å². The molecule has 1 aliphatic heterocycles. The Morgan fingerprint density at radius 1 is 1.17 bits per heavy atom. The molecule has 1 aliphatic rings. The summed E-state index contributed by atoms with van der Waals surface area (Å²) in [5.41, 5.74) is 9.11. The predicted molar refractivity (Wildman–Crippen MR) is 76.5 cm³/mol. The van der Waals surface area contributed by atoms with Gasteiger partial charge >= 0.3 is 0 Å². The molecule has 2 N–H and O–H groups in total. The first-order valence-corrected chi connectivity index (χ1v) is 6.49. The highest BCUT2D eigenvalue weighted by Gasteiger charge is 2.16. The lowest BCUT2D eigenvalue weighted by molar-refractivity contribution is 0.360. The Hall–Kier alpha value is -1.42. The van der Waals surface area contributed by atoms with Crippen molar-refractivity contribution in [2.75, 3.05) is 51.0 Å². The minimum Gasteiger partial charge on any atom is -0.495 e. The van der Waals surface area contributed by atoms with Crippen LogP contribution in [0.3, 0.4) is 0 Å². The lowest BCUT2D eigenvalue weighted by Gasteiger charge is -2.25. The summed E-state index contributed by atoms with van der Waals surface area (Å²) in [4.78, 5) is 4.81. The van der Waals surface area contributed by atoms with E-state index in [0.29, 0.717) is 5.69 Å². The molecule has 0 radical (unpaired) electrons. The zero-order valence-electron chi connectivity index (χ0n) is 11.6. The van der Waals surface area contributed by atoms with Crippen molar-refractivity contribution in [3.63, 3.8) is 0 Å². The quantitative estimate of drug-likeness (QED) is 0.811. The van der Waals surface area contributed by atoms with Gasteiger partial charge in [0.1, 0.15) is 5.75 Å². The molecule has 4 heteroatoms. The standard InChI is InChI=1S/C14H23N3O/c1-11-9-12(15)14(18-3)10-13(11)17-6-4-5-16(2)7-8-17/h9-10H,4-8,15H2,1-3H3. The van der Waals surface area contributed by atoms with Gasteiger partial charge in [-0.1, -0.05) is 0 Å². The third-order valence-corrected chi connectivity index (χ3v) is 3.61. The van der Waals surface area contributed by atoms with Gasteiger partial charge in [0, 0.05) is 31.4 Å². The summed E-state index contributed by atoms with van der Waals surface area (Å²) >= 11 is 0. The number of hydrogen-bond donors (Lipinski definition) is 1. The maximum Gasteiger partial charge on any atom is 0.143 e. The summed E-state index contributed by atoms with van der Waals surface area (Å²) in [6.07, 6.45) is 1.20. The van der Waals surface area contributed by atoms with Crippen molar-refractivity contribution >= 4 is 11.4 Å². The topological polar surface area (TPSA) is 41.7 Å². The fourth-order valence-electron chi connectivity index (χ4n) is 2.50. The van der Waals surface area contributed by atoms with Crippen molar-refractivity contribution in [2.24, 2.45) is 0 Å². The van der Waals surface area contributed by atoms with Crippen LogP contribution in [0.25, 0.3) is 0 Å². The molecule has 1 saturated heterocycles. The summed E-state index contributed by atoms with van der Waals surface area (Å²) in [7, 11) is 3.85. The minimum absolute atomic E-state index is 0.714. The van der Waals surface area contributed by atoms with Gasteiger partial charge in [-0.3, -0.25) is 0 Å². The normalized spacial score (nSPS) is 17.6. The maximum atomic E-state index is 5.93. The number of anilines is 2. The molecule has 1 heterocycles. The van der Waals surface area contributed by atoms with Gasteiger partial charge in [0.25, 0.3) is 0 Å². The molecule has 100 valence electrons. The van der Waals surface area contributed by atoms with E-state index in [1.165, 1.54) is 24.2 Å². The molecule has 0 spiro atoms. The van der Waals surface area contributed by atoms with Crippen LogP contribution in [0, 0.1) is 6.92 Å². The highest BCUT2D eigenvalue weighted by molar-refractivity contribution is 5.66. The Bertz CT molecular complexity index is 420. The minimum atomic E-state index is 0.714. The number of nitrogen functional groups attached to an aromatic ring is 1. The van der Waals surface area contributed by atoms with Gasteiger partial charge in [0.15, 0.2) is 0 Å². The number of ether oxygens (including phenoxy) is 1. The lowest BCUT2D eigenvalue weighted by Crippen LogP contribution is -2.29. The molecule has 0 atom stereocenters. The summed E-state index contributed by atoms with van der Waals surface area (Å²) in [6, 6.07) is 4.07. The molecule has 2 rings (SSSR count). The summed E-state index contributed by atoms with van der Waals surface area (Å²) in [6.45, 7) is 6.54. The van der Waals surface area contributed by atoms with Crippen LogP contribution in [-0.4, -0.2) is 45.2 Å². The van der Waals surface area contributed by atoms with Crippen LogP contribution in [0.15, 0.2) is 12.1 Å². The largest absolute Gasteiger partial charge is 0.495 e. The molecule has 0 amide bonds. The highest BCUT2D eigenvalue weighted by Crippen LogP contribution is 2.31. The Morgan fingerprint density at radius 2 is 1.94 bits per heavy atom. The van der Waals surface area contributed by atoms with Crippen molar-refractivity contribution in [1.82, 2.24) is 4.90 Å². The maximum absolute atomic E-state index is 5.93. The lowest BCUT2D eigenvalue weighted by atomic mass is 10.1. The van der Waals surface area contributed by atoms with Gasteiger partial charge in [-0.2, -0.15) is 0 Å². The monoisotopic (exact) mass is 249 g/mol. The van der Waals surface area contributed by atoms with Crippen LogP contribution in [-0.2, 0) is 0 Å². The van der Waals surface area contributed by atoms with Gasteiger partial charge in [-0.25, -0.2) is 0 Å². The Morgan fingerprint density at radius 3 is 2.67 bits per heavy atom. The van der Waals surface area contributed by atoms with E-state index in [-0.39, 0.29) is 0 Å². The molecule has 1 fully saturated rings. The number of hydrogen-bond acceptors (Lipinski definition) is 4. The number of methoxy groups -OCH3 is 1. The summed E-state index contributed by atoms with van der Waals surface area (Å²) < 4.78 is 5.32. The van der Waals surface area contributed by atoms with Crippen LogP contribution < -0.4 is 15.4 Å². The second-order valence-corrected chi connectivity index (χ2v) is 5.02. The first-order valence-electron chi connectivity index (χ1n) is 6.49. The first kappa shape index (κ1) is 13.0. The van der Waals surface area contributed by atoms with Crippen LogP contribution in [0.5, 0.6) is 5.75 Å². The smallest absolute Gasteiger partial charge is 0.143 e. The van der Waals surface area contributed by atoms with Crippen LogP contribution in [0.1, 0.15) is 12.0 Å². The number of nitrogens with zero attached hydrogens (tertiary/aromatic N) is 2. The van der Waals surface area contributed by atoms with Gasteiger partial charge in [-0.05, 0) is 38.6 Å². The zero-order chi connectivity index (χ0) is 13.1. The van der Waals surface area contributed by atoms with E-state index in [4.69, 9.17) is 10.5 Å². The second-order valence-electron chi connectivity index (χ2n) is 5.02. The number of likely N-dealkylation sites (N-methyl/N-ethyl adjacent to an activating group) is 1. The molecule has 1 aromatic carbocycles. The average molecular weight is 249 g/mol. The fraction of sp³-hybridized carbons (Fsp3) is 0.571. The Balaban J connectivity index is 2.26. The third-order valence-electron chi connectivity index (χ3n) is 3.61. The van der Waals surface area contributed by atoms with Crippen molar-refractivity contribution in [2.45, 2.75) is 13.3 Å². The van der Waals surface area contributed by atoms with Gasteiger partial charge < -0.3 is 20.3 Å². The van der Waals surface area contributed by atoms with E-state index in [1.807, 2.05) is 6.07 Å². The van der Waals surface area contributed by atoms with Crippen molar-refractivity contribution in [1.29, 1.82) is 0 Å². The molecular formula is C14H23N3O. The van der Waals surface area contributed by atoms with E-state index in [9.17, 15) is 0 Å². The molecule has 18 heavy (non-hydrogen) atoms. The van der Waals surface area contributed by atoms with Crippen molar-refractivity contribution in [3.8, 4) is 5.75 Å². The molecule has 0 unspecified atom stereocenters. The van der Waals surface area contributed by atoms with E-state index in [1.54, 1.807) is 7.11 Å².